The number of halogens is 1. The molecule has 7 nitrogen and oxygen atoms in total. The molecule has 0 bridgehead atoms. The molecular weight excluding hydrogens is 366 g/mol. The van der Waals surface area contributed by atoms with E-state index in [1.165, 1.54) is 6.07 Å². The number of hydrogen-bond acceptors (Lipinski definition) is 3. The fraction of sp³-hybridized carbons (Fsp3) is 0. The number of nitrogens with one attached hydrogen (secondary N) is 4. The Morgan fingerprint density at radius 1 is 1.00 bits per heavy atom. The zero-order valence-electron chi connectivity index (χ0n) is 13.9. The second kappa shape index (κ2) is 6.97. The molecule has 4 rings (SSSR count). The fourth-order valence-electron chi connectivity index (χ4n) is 2.78. The molecule has 0 saturated carbocycles. The van der Waals surface area contributed by atoms with Gasteiger partial charge in [0.05, 0.1) is 0 Å². The van der Waals surface area contributed by atoms with E-state index in [0.717, 1.165) is 16.5 Å². The van der Waals surface area contributed by atoms with Crippen LogP contribution in [0.15, 0.2) is 65.6 Å². The zero-order valence-corrected chi connectivity index (χ0v) is 14.7. The summed E-state index contributed by atoms with van der Waals surface area (Å²) in [6, 6.07) is 15.2. The van der Waals surface area contributed by atoms with Crippen LogP contribution in [0, 0.1) is 0 Å². The third-order valence-corrected chi connectivity index (χ3v) is 4.22. The lowest BCUT2D eigenvalue weighted by molar-refractivity contribution is 0.262. The SMILES string of the molecule is O=C(Nc1ccc(-c2cc(=O)[nH]c3n[nH]cc23)cc1)Nc1cccc(Cl)c1. The average molecular weight is 380 g/mol. The van der Waals surface area contributed by atoms with Gasteiger partial charge in [0.15, 0.2) is 5.65 Å². The first kappa shape index (κ1) is 16.9. The van der Waals surface area contributed by atoms with Crippen molar-refractivity contribution in [3.05, 3.63) is 76.2 Å². The highest BCUT2D eigenvalue weighted by molar-refractivity contribution is 6.30. The van der Waals surface area contributed by atoms with Crippen LogP contribution >= 0.6 is 11.6 Å². The van der Waals surface area contributed by atoms with Crippen LogP contribution in [0.4, 0.5) is 16.2 Å². The monoisotopic (exact) mass is 379 g/mol. The molecule has 134 valence electrons. The van der Waals surface area contributed by atoms with E-state index in [0.29, 0.717) is 22.0 Å². The van der Waals surface area contributed by atoms with Crippen molar-refractivity contribution in [2.45, 2.75) is 0 Å². The number of carbonyl (C=O) groups is 1. The van der Waals surface area contributed by atoms with E-state index in [1.807, 2.05) is 12.1 Å². The van der Waals surface area contributed by atoms with E-state index in [4.69, 9.17) is 11.6 Å². The highest BCUT2D eigenvalue weighted by atomic mass is 35.5. The molecule has 0 atom stereocenters. The number of nitrogens with zero attached hydrogens (tertiary/aromatic N) is 1. The quantitative estimate of drug-likeness (QED) is 0.428. The molecule has 0 aliphatic heterocycles. The lowest BCUT2D eigenvalue weighted by Crippen LogP contribution is -2.19. The molecule has 0 saturated heterocycles. The number of benzene rings is 2. The predicted molar refractivity (Wildman–Crippen MR) is 106 cm³/mol. The van der Waals surface area contributed by atoms with Crippen molar-refractivity contribution in [2.75, 3.05) is 10.6 Å². The molecule has 2 heterocycles. The Bertz CT molecular complexity index is 1180. The van der Waals surface area contributed by atoms with Gasteiger partial charge in [-0.2, -0.15) is 5.10 Å². The number of H-pyrrole nitrogens is 2. The molecule has 4 N–H and O–H groups in total. The van der Waals surface area contributed by atoms with Gasteiger partial charge in [-0.25, -0.2) is 4.79 Å². The van der Waals surface area contributed by atoms with Gasteiger partial charge in [-0.05, 0) is 41.5 Å². The van der Waals surface area contributed by atoms with E-state index < -0.39 is 0 Å². The number of aromatic nitrogens is 3. The summed E-state index contributed by atoms with van der Waals surface area (Å²) in [6.45, 7) is 0. The third-order valence-electron chi connectivity index (χ3n) is 3.98. The van der Waals surface area contributed by atoms with E-state index >= 15 is 0 Å². The summed E-state index contributed by atoms with van der Waals surface area (Å²) in [5.41, 5.74) is 3.09. The van der Waals surface area contributed by atoms with Crippen molar-refractivity contribution in [1.82, 2.24) is 15.2 Å². The summed E-state index contributed by atoms with van der Waals surface area (Å²) in [5.74, 6) is 0. The van der Waals surface area contributed by atoms with Crippen LogP contribution in [0.1, 0.15) is 0 Å². The molecule has 0 aliphatic rings. The lowest BCUT2D eigenvalue weighted by atomic mass is 10.0. The second-order valence-corrected chi connectivity index (χ2v) is 6.30. The first-order valence-corrected chi connectivity index (χ1v) is 8.47. The third kappa shape index (κ3) is 3.68. The van der Waals surface area contributed by atoms with Crippen molar-refractivity contribution in [1.29, 1.82) is 0 Å². The van der Waals surface area contributed by atoms with Crippen molar-refractivity contribution in [2.24, 2.45) is 0 Å². The number of carbonyl (C=O) groups excluding carboxylic acids is 1. The van der Waals surface area contributed by atoms with E-state index in [9.17, 15) is 9.59 Å². The molecule has 0 radical (unpaired) electrons. The summed E-state index contributed by atoms with van der Waals surface area (Å²) in [7, 11) is 0. The molecule has 0 unspecified atom stereocenters. The normalized spacial score (nSPS) is 10.7. The highest BCUT2D eigenvalue weighted by Crippen LogP contribution is 2.26. The molecule has 4 aromatic rings. The Morgan fingerprint density at radius 2 is 1.78 bits per heavy atom. The van der Waals surface area contributed by atoms with Crippen molar-refractivity contribution < 1.29 is 4.79 Å². The molecule has 0 fully saturated rings. The Balaban J connectivity index is 1.53. The minimum absolute atomic E-state index is 0.229. The Hall–Kier alpha value is -3.58. The number of urea groups is 1. The van der Waals surface area contributed by atoms with Crippen molar-refractivity contribution in [3.63, 3.8) is 0 Å². The maximum atomic E-state index is 12.1. The molecule has 2 aromatic carbocycles. The van der Waals surface area contributed by atoms with Crippen LogP contribution in [-0.4, -0.2) is 21.2 Å². The van der Waals surface area contributed by atoms with Crippen LogP contribution in [0.2, 0.25) is 5.02 Å². The lowest BCUT2D eigenvalue weighted by Gasteiger charge is -2.09. The van der Waals surface area contributed by atoms with Gasteiger partial charge in [0.2, 0.25) is 5.56 Å². The van der Waals surface area contributed by atoms with Crippen LogP contribution in [-0.2, 0) is 0 Å². The van der Waals surface area contributed by atoms with E-state index in [2.05, 4.69) is 25.8 Å². The number of pyridine rings is 1. The van der Waals surface area contributed by atoms with Crippen LogP contribution in [0.25, 0.3) is 22.2 Å². The molecule has 8 heteroatoms. The van der Waals surface area contributed by atoms with Gasteiger partial charge in [-0.1, -0.05) is 29.8 Å². The van der Waals surface area contributed by atoms with Gasteiger partial charge < -0.3 is 15.6 Å². The zero-order chi connectivity index (χ0) is 18.8. The van der Waals surface area contributed by atoms with Gasteiger partial charge in [-0.3, -0.25) is 9.89 Å². The van der Waals surface area contributed by atoms with Crippen molar-refractivity contribution >= 4 is 40.0 Å². The largest absolute Gasteiger partial charge is 0.323 e. The Kier molecular flexibility index (Phi) is 4.35. The fourth-order valence-corrected chi connectivity index (χ4v) is 2.97. The Labute approximate surface area is 158 Å². The number of rotatable bonds is 3. The van der Waals surface area contributed by atoms with Crippen LogP contribution in [0.5, 0.6) is 0 Å². The summed E-state index contributed by atoms with van der Waals surface area (Å²) >= 11 is 5.91. The van der Waals surface area contributed by atoms with Crippen LogP contribution in [0.3, 0.4) is 0 Å². The number of anilines is 2. The number of amides is 2. The van der Waals surface area contributed by atoms with Crippen molar-refractivity contribution in [3.8, 4) is 11.1 Å². The maximum absolute atomic E-state index is 12.1. The molecule has 0 spiro atoms. The number of aromatic amines is 2. The molecule has 0 aliphatic carbocycles. The number of fused-ring (bicyclic) bond motifs is 1. The summed E-state index contributed by atoms with van der Waals surface area (Å²) in [4.78, 5) is 26.6. The topological polar surface area (TPSA) is 103 Å². The first-order chi connectivity index (χ1) is 13.1. The molecule has 2 amide bonds. The predicted octanol–water partition coefficient (Wildman–Crippen LogP) is 4.22. The summed E-state index contributed by atoms with van der Waals surface area (Å²) in [6.07, 6.45) is 1.73. The molecule has 27 heavy (non-hydrogen) atoms. The Morgan fingerprint density at radius 3 is 2.56 bits per heavy atom. The maximum Gasteiger partial charge on any atom is 0.323 e. The van der Waals surface area contributed by atoms with Gasteiger partial charge in [-0.15, -0.1) is 0 Å². The minimum Gasteiger partial charge on any atom is -0.308 e. The van der Waals surface area contributed by atoms with Gasteiger partial charge in [0, 0.05) is 34.0 Å². The van der Waals surface area contributed by atoms with E-state index in [1.54, 1.807) is 42.6 Å². The molecule has 2 aromatic heterocycles. The average Bonchev–Trinajstić information content (AvgIpc) is 3.10. The second-order valence-electron chi connectivity index (χ2n) is 5.86. The highest BCUT2D eigenvalue weighted by Gasteiger charge is 2.09. The number of hydrogen-bond donors (Lipinski definition) is 4. The van der Waals surface area contributed by atoms with E-state index in [-0.39, 0.29) is 11.6 Å². The van der Waals surface area contributed by atoms with Gasteiger partial charge in [0.1, 0.15) is 0 Å². The summed E-state index contributed by atoms with van der Waals surface area (Å²) in [5, 5.41) is 13.6. The smallest absolute Gasteiger partial charge is 0.308 e. The summed E-state index contributed by atoms with van der Waals surface area (Å²) < 4.78 is 0. The van der Waals surface area contributed by atoms with Crippen LogP contribution < -0.4 is 16.2 Å². The standard InChI is InChI=1S/C19H14ClN5O2/c20-12-2-1-3-14(8-12)23-19(27)22-13-6-4-11(5-7-13)15-9-17(26)24-18-16(15)10-21-25-18/h1-10H,(H2,22,23,27)(H2,21,24,25,26). The minimum atomic E-state index is -0.376. The van der Waals surface area contributed by atoms with Gasteiger partial charge in [0.25, 0.3) is 0 Å². The first-order valence-electron chi connectivity index (χ1n) is 8.09. The van der Waals surface area contributed by atoms with Gasteiger partial charge >= 0.3 is 6.03 Å². The molecular formula is C19H14ClN5O2.